The molecule has 7 atom stereocenters. The minimum absolute atomic E-state index is 0.00759. The maximum atomic E-state index is 13.0. The molecule has 0 spiro atoms. The predicted octanol–water partition coefficient (Wildman–Crippen LogP) is 20.5. The van der Waals surface area contributed by atoms with Crippen LogP contribution < -0.4 is 5.32 Å². The first kappa shape index (κ1) is 84.9. The Morgan fingerprint density at radius 2 is 0.753 bits per heavy atom. The van der Waals surface area contributed by atoms with Gasteiger partial charge in [0.05, 0.1) is 32.0 Å². The molecular weight excluding hydrogens is 1110 g/mol. The van der Waals surface area contributed by atoms with E-state index < -0.39 is 49.5 Å². The summed E-state index contributed by atoms with van der Waals surface area (Å²) in [6, 6.07) is -0.805. The van der Waals surface area contributed by atoms with Crippen LogP contribution in [0.3, 0.4) is 0 Å². The third-order valence-corrected chi connectivity index (χ3v) is 18.5. The molecule has 0 aromatic carbocycles. The molecule has 11 nitrogen and oxygen atoms in total. The molecule has 1 amide bonds. The molecule has 0 aromatic rings. The average molecular weight is 1260 g/mol. The zero-order valence-electron chi connectivity index (χ0n) is 58.4. The van der Waals surface area contributed by atoms with E-state index in [1.807, 2.05) is 6.08 Å². The number of hydrogen-bond acceptors (Lipinski definition) is 10. The van der Waals surface area contributed by atoms with Crippen molar-refractivity contribution >= 4 is 11.9 Å². The van der Waals surface area contributed by atoms with E-state index in [4.69, 9.17) is 14.2 Å². The van der Waals surface area contributed by atoms with Crippen molar-refractivity contribution in [3.8, 4) is 0 Å². The van der Waals surface area contributed by atoms with Gasteiger partial charge in [0.15, 0.2) is 6.29 Å². The molecule has 11 heteroatoms. The van der Waals surface area contributed by atoms with Crippen LogP contribution in [-0.2, 0) is 23.8 Å². The molecule has 524 valence electrons. The number of carbonyl (C=O) groups excluding carboxylic acids is 2. The van der Waals surface area contributed by atoms with Crippen LogP contribution >= 0.6 is 0 Å². The number of carbonyl (C=O) groups is 2. The molecule has 0 radical (unpaired) electrons. The number of nitrogens with one attached hydrogen (secondary N) is 1. The van der Waals surface area contributed by atoms with Gasteiger partial charge in [0, 0.05) is 12.8 Å². The number of ether oxygens (including phenoxy) is 3. The molecule has 1 aliphatic heterocycles. The fourth-order valence-electron chi connectivity index (χ4n) is 12.4. The molecule has 1 aliphatic rings. The molecule has 0 saturated carbocycles. The van der Waals surface area contributed by atoms with Crippen molar-refractivity contribution in [2.75, 3.05) is 19.8 Å². The van der Waals surface area contributed by atoms with Crippen LogP contribution in [0.25, 0.3) is 0 Å². The Morgan fingerprint density at radius 3 is 1.15 bits per heavy atom. The number of allylic oxidation sites excluding steroid dienone is 5. The highest BCUT2D eigenvalue weighted by atomic mass is 16.7. The van der Waals surface area contributed by atoms with E-state index in [1.165, 1.54) is 295 Å². The Balaban J connectivity index is 1.86. The zero-order chi connectivity index (χ0) is 64.4. The number of amides is 1. The van der Waals surface area contributed by atoms with E-state index in [1.54, 1.807) is 6.08 Å². The van der Waals surface area contributed by atoms with Gasteiger partial charge in [0.25, 0.3) is 0 Å². The predicted molar refractivity (Wildman–Crippen MR) is 375 cm³/mol. The zero-order valence-corrected chi connectivity index (χ0v) is 58.4. The van der Waals surface area contributed by atoms with E-state index in [9.17, 15) is 35.1 Å². The van der Waals surface area contributed by atoms with Crippen LogP contribution in [0.4, 0.5) is 0 Å². The number of esters is 1. The third-order valence-electron chi connectivity index (χ3n) is 18.5. The van der Waals surface area contributed by atoms with Gasteiger partial charge in [-0.05, 0) is 64.2 Å². The molecule has 0 aromatic heterocycles. The number of aliphatic hydroxyl groups excluding tert-OH is 5. The maximum absolute atomic E-state index is 13.0. The summed E-state index contributed by atoms with van der Waals surface area (Å²) in [5.41, 5.74) is 0. The van der Waals surface area contributed by atoms with Gasteiger partial charge in [-0.3, -0.25) is 9.59 Å². The summed E-state index contributed by atoms with van der Waals surface area (Å²) in [6.07, 6.45) is 77.5. The lowest BCUT2D eigenvalue weighted by Crippen LogP contribution is -2.60. The molecule has 89 heavy (non-hydrogen) atoms. The number of unbranched alkanes of at least 4 members (excludes halogenated alkanes) is 51. The van der Waals surface area contributed by atoms with Crippen molar-refractivity contribution in [3.05, 3.63) is 36.5 Å². The Hall–Kier alpha value is -2.12. The van der Waals surface area contributed by atoms with E-state index in [-0.39, 0.29) is 18.5 Å². The van der Waals surface area contributed by atoms with E-state index in [0.29, 0.717) is 19.4 Å². The summed E-state index contributed by atoms with van der Waals surface area (Å²) < 4.78 is 16.8. The molecule has 1 fully saturated rings. The highest BCUT2D eigenvalue weighted by Gasteiger charge is 2.44. The first-order valence-electron chi connectivity index (χ1n) is 38.8. The largest absolute Gasteiger partial charge is 0.466 e. The fourth-order valence-corrected chi connectivity index (χ4v) is 12.4. The van der Waals surface area contributed by atoms with Gasteiger partial charge in [-0.15, -0.1) is 0 Å². The lowest BCUT2D eigenvalue weighted by Gasteiger charge is -2.40. The van der Waals surface area contributed by atoms with Crippen LogP contribution in [0.5, 0.6) is 0 Å². The monoisotopic (exact) mass is 1260 g/mol. The molecule has 0 bridgehead atoms. The van der Waals surface area contributed by atoms with Crippen molar-refractivity contribution in [2.45, 2.75) is 429 Å². The van der Waals surface area contributed by atoms with Crippen molar-refractivity contribution in [1.29, 1.82) is 0 Å². The standard InChI is InChI=1S/C78H147NO10/c1-3-5-7-9-11-13-15-16-17-18-37-40-43-46-50-54-58-62-66-74(83)87-67-63-59-55-51-47-44-41-38-35-33-31-29-27-25-23-21-19-20-22-24-26-28-30-32-34-36-39-42-45-49-53-57-61-65-73(82)79-70(69-88-78-77(86)76(85)75(84)72(68-80)89-78)71(81)64-60-56-52-48-14-12-10-8-6-4-2/h13,15,17-18,60,64,70-72,75-78,80-81,84-86H,3-12,14,16,19-59,61-63,65-69H2,1-2H3,(H,79,82)/b15-13-,18-17-,64-60+. The minimum atomic E-state index is -1.57. The van der Waals surface area contributed by atoms with E-state index >= 15 is 0 Å². The summed E-state index contributed by atoms with van der Waals surface area (Å²) in [5.74, 6) is -0.169. The number of aliphatic hydroxyl groups is 5. The SMILES string of the molecule is CCCCCC/C=C\C/C=C\CCCCCCCCCC(=O)OCCCCCCCCCCCCCCCCCCCCCCCCCCCCCCCCCCCC(=O)NC(COC1OC(CO)C(O)C(O)C1O)C(O)/C=C/CCCCCCCCCC. The van der Waals surface area contributed by atoms with Gasteiger partial charge >= 0.3 is 5.97 Å². The van der Waals surface area contributed by atoms with Gasteiger partial charge in [0.2, 0.25) is 5.91 Å². The maximum Gasteiger partial charge on any atom is 0.305 e. The molecule has 7 unspecified atom stereocenters. The highest BCUT2D eigenvalue weighted by Crippen LogP contribution is 2.24. The van der Waals surface area contributed by atoms with Gasteiger partial charge in [-0.25, -0.2) is 0 Å². The highest BCUT2D eigenvalue weighted by molar-refractivity contribution is 5.76. The van der Waals surface area contributed by atoms with Gasteiger partial charge < -0.3 is 45.1 Å². The Morgan fingerprint density at radius 1 is 0.416 bits per heavy atom. The van der Waals surface area contributed by atoms with Crippen LogP contribution in [0.2, 0.25) is 0 Å². The average Bonchev–Trinajstić information content (AvgIpc) is 1.88. The van der Waals surface area contributed by atoms with Crippen molar-refractivity contribution in [2.24, 2.45) is 0 Å². The van der Waals surface area contributed by atoms with Crippen molar-refractivity contribution in [3.63, 3.8) is 0 Å². The Labute approximate surface area is 549 Å². The van der Waals surface area contributed by atoms with E-state index in [2.05, 4.69) is 43.5 Å². The Bertz CT molecular complexity index is 1570. The molecule has 6 N–H and O–H groups in total. The summed E-state index contributed by atoms with van der Waals surface area (Å²) in [5, 5.41) is 54.4. The summed E-state index contributed by atoms with van der Waals surface area (Å²) in [6.45, 7) is 4.35. The van der Waals surface area contributed by atoms with Crippen molar-refractivity contribution < 1.29 is 49.3 Å². The van der Waals surface area contributed by atoms with Gasteiger partial charge in [-0.1, -0.05) is 346 Å². The normalized spacial score (nSPS) is 17.9. The molecule has 0 aliphatic carbocycles. The van der Waals surface area contributed by atoms with Crippen LogP contribution in [0.1, 0.15) is 386 Å². The summed E-state index contributed by atoms with van der Waals surface area (Å²) in [7, 11) is 0. The second-order valence-electron chi connectivity index (χ2n) is 27.1. The second kappa shape index (κ2) is 67.3. The smallest absolute Gasteiger partial charge is 0.305 e. The molecule has 1 saturated heterocycles. The van der Waals surface area contributed by atoms with Crippen LogP contribution in [0, 0.1) is 0 Å². The van der Waals surface area contributed by atoms with E-state index in [0.717, 1.165) is 64.2 Å². The second-order valence-corrected chi connectivity index (χ2v) is 27.1. The quantitative estimate of drug-likeness (QED) is 0.0195. The first-order chi connectivity index (χ1) is 43.7. The van der Waals surface area contributed by atoms with Crippen LogP contribution in [-0.4, -0.2) is 100 Å². The molecule has 1 rings (SSSR count). The molecule has 1 heterocycles. The summed E-state index contributed by atoms with van der Waals surface area (Å²) >= 11 is 0. The lowest BCUT2D eigenvalue weighted by atomic mass is 9.99. The first-order valence-corrected chi connectivity index (χ1v) is 38.8. The fraction of sp³-hybridized carbons (Fsp3) is 0.897. The van der Waals surface area contributed by atoms with Gasteiger partial charge in [-0.2, -0.15) is 0 Å². The third kappa shape index (κ3) is 56.0. The number of rotatable bonds is 69. The summed E-state index contributed by atoms with van der Waals surface area (Å²) in [4.78, 5) is 25.2. The van der Waals surface area contributed by atoms with Crippen molar-refractivity contribution in [1.82, 2.24) is 5.32 Å². The lowest BCUT2D eigenvalue weighted by molar-refractivity contribution is -0.302. The Kier molecular flexibility index (Phi) is 64.2. The topological polar surface area (TPSA) is 175 Å². The van der Waals surface area contributed by atoms with Crippen LogP contribution in [0.15, 0.2) is 36.5 Å². The molecular formula is C78H147NO10. The minimum Gasteiger partial charge on any atom is -0.466 e. The van der Waals surface area contributed by atoms with Gasteiger partial charge in [0.1, 0.15) is 24.4 Å². The number of hydrogen-bond donors (Lipinski definition) is 6.